The Hall–Kier alpha value is -4.64. The number of aromatic amines is 2. The maximum atomic E-state index is 13.0. The summed E-state index contributed by atoms with van der Waals surface area (Å²) >= 11 is 0. The zero-order valence-corrected chi connectivity index (χ0v) is 29.4. The minimum absolute atomic E-state index is 0.121. The number of nitrogens with one attached hydrogen (secondary N) is 3. The SMILES string of the molecule is CC(C)(C)OC(=O)N1CCC[C@H]1c1ncc(-c2ccc(-c3ccc4c(c3)CNCc3[nH]c([C@@H]5CCCN5C(=O)OC(C)(C)C)nc3-4)cc2)[nH]1. The molecule has 2 fully saturated rings. The first-order chi connectivity index (χ1) is 23.3. The number of aromatic nitrogens is 4. The molecule has 5 heterocycles. The number of hydrogen-bond donors (Lipinski definition) is 3. The number of amides is 2. The Morgan fingerprint density at radius 2 is 1.35 bits per heavy atom. The zero-order chi connectivity index (χ0) is 34.5. The third-order valence-electron chi connectivity index (χ3n) is 9.29. The molecule has 11 heteroatoms. The Morgan fingerprint density at radius 1 is 0.755 bits per heavy atom. The predicted molar refractivity (Wildman–Crippen MR) is 187 cm³/mol. The van der Waals surface area contributed by atoms with Crippen molar-refractivity contribution in [2.24, 2.45) is 0 Å². The second-order valence-corrected chi connectivity index (χ2v) is 15.3. The van der Waals surface area contributed by atoms with Crippen molar-refractivity contribution in [1.82, 2.24) is 35.1 Å². The van der Waals surface area contributed by atoms with E-state index in [2.05, 4.69) is 62.7 Å². The van der Waals surface area contributed by atoms with Crippen LogP contribution in [0.1, 0.15) is 102 Å². The number of likely N-dealkylation sites (tertiary alicyclic amines) is 2. The van der Waals surface area contributed by atoms with Crippen LogP contribution in [-0.2, 0) is 22.6 Å². The average molecular weight is 666 g/mol. The van der Waals surface area contributed by atoms with Crippen molar-refractivity contribution in [2.75, 3.05) is 13.1 Å². The standard InChI is InChI=1S/C38H47N7O4/c1-37(2,3)48-35(46)44-17-7-9-30(44)33-40-22-28(41-33)24-13-11-23(12-14-24)25-15-16-27-26(19-25)20-39-21-29-32(27)43-34(42-29)31-10-8-18-45(31)36(47)49-38(4,5)6/h11-16,19,22,30-31,39H,7-10,17-18,20-21H2,1-6H3,(H,40,41)(H,42,43)/t30-,31-/m0/s1. The molecule has 2 atom stereocenters. The molecule has 2 saturated heterocycles. The maximum absolute atomic E-state index is 13.0. The van der Waals surface area contributed by atoms with Gasteiger partial charge in [0.1, 0.15) is 22.9 Å². The molecule has 3 aliphatic rings. The Morgan fingerprint density at radius 3 is 1.98 bits per heavy atom. The number of ether oxygens (including phenoxy) is 2. The van der Waals surface area contributed by atoms with Crippen LogP contribution in [-0.4, -0.2) is 66.2 Å². The molecule has 258 valence electrons. The largest absolute Gasteiger partial charge is 0.444 e. The Kier molecular flexibility index (Phi) is 8.50. The molecule has 7 rings (SSSR count). The van der Waals surface area contributed by atoms with E-state index in [4.69, 9.17) is 14.5 Å². The average Bonchev–Trinajstić information content (AvgIpc) is 3.85. The van der Waals surface area contributed by atoms with Crippen LogP contribution in [0.5, 0.6) is 0 Å². The molecular formula is C38H47N7O4. The zero-order valence-electron chi connectivity index (χ0n) is 29.4. The minimum Gasteiger partial charge on any atom is -0.444 e. The van der Waals surface area contributed by atoms with Gasteiger partial charge in [-0.05, 0) is 95.5 Å². The second kappa shape index (κ2) is 12.7. The molecule has 2 aromatic carbocycles. The molecule has 49 heavy (non-hydrogen) atoms. The van der Waals surface area contributed by atoms with Gasteiger partial charge >= 0.3 is 12.2 Å². The topological polar surface area (TPSA) is 128 Å². The molecule has 0 unspecified atom stereocenters. The molecule has 0 saturated carbocycles. The lowest BCUT2D eigenvalue weighted by atomic mass is 9.96. The fraction of sp³-hybridized carbons (Fsp3) is 0.474. The van der Waals surface area contributed by atoms with Crippen LogP contribution in [0.25, 0.3) is 33.6 Å². The van der Waals surface area contributed by atoms with Gasteiger partial charge in [-0.1, -0.05) is 36.4 Å². The maximum Gasteiger partial charge on any atom is 0.410 e. The second-order valence-electron chi connectivity index (χ2n) is 15.3. The molecule has 4 aromatic rings. The van der Waals surface area contributed by atoms with Crippen LogP contribution in [0.3, 0.4) is 0 Å². The smallest absolute Gasteiger partial charge is 0.410 e. The summed E-state index contributed by atoms with van der Waals surface area (Å²) in [4.78, 5) is 46.2. The first-order valence-electron chi connectivity index (χ1n) is 17.4. The van der Waals surface area contributed by atoms with E-state index in [1.165, 1.54) is 5.56 Å². The van der Waals surface area contributed by atoms with E-state index < -0.39 is 11.2 Å². The van der Waals surface area contributed by atoms with Gasteiger partial charge < -0.3 is 24.8 Å². The quantitative estimate of drug-likeness (QED) is 0.202. The number of carbonyl (C=O) groups excluding carboxylic acids is 2. The molecule has 3 N–H and O–H groups in total. The van der Waals surface area contributed by atoms with Gasteiger partial charge in [0.2, 0.25) is 0 Å². The number of fused-ring (bicyclic) bond motifs is 3. The van der Waals surface area contributed by atoms with Gasteiger partial charge in [0.25, 0.3) is 0 Å². The van der Waals surface area contributed by atoms with Crippen LogP contribution >= 0.6 is 0 Å². The Balaban J connectivity index is 1.08. The first kappa shape index (κ1) is 32.9. The van der Waals surface area contributed by atoms with E-state index in [0.29, 0.717) is 19.6 Å². The number of rotatable bonds is 4. The van der Waals surface area contributed by atoms with Crippen molar-refractivity contribution in [3.05, 3.63) is 71.6 Å². The van der Waals surface area contributed by atoms with E-state index in [1.54, 1.807) is 4.90 Å². The fourth-order valence-electron chi connectivity index (χ4n) is 7.09. The van der Waals surface area contributed by atoms with Gasteiger partial charge in [-0.15, -0.1) is 0 Å². The summed E-state index contributed by atoms with van der Waals surface area (Å²) in [6.07, 6.45) is 4.80. The van der Waals surface area contributed by atoms with Crippen molar-refractivity contribution in [3.63, 3.8) is 0 Å². The van der Waals surface area contributed by atoms with E-state index in [0.717, 1.165) is 83.2 Å². The third-order valence-corrected chi connectivity index (χ3v) is 9.29. The molecular weight excluding hydrogens is 618 g/mol. The van der Waals surface area contributed by atoms with Gasteiger partial charge in [0.15, 0.2) is 0 Å². The predicted octanol–water partition coefficient (Wildman–Crippen LogP) is 7.88. The monoisotopic (exact) mass is 665 g/mol. The summed E-state index contributed by atoms with van der Waals surface area (Å²) in [7, 11) is 0. The van der Waals surface area contributed by atoms with Gasteiger partial charge in [-0.2, -0.15) is 0 Å². The van der Waals surface area contributed by atoms with Crippen molar-refractivity contribution >= 4 is 12.2 Å². The highest BCUT2D eigenvalue weighted by atomic mass is 16.6. The fourth-order valence-corrected chi connectivity index (χ4v) is 7.09. The summed E-state index contributed by atoms with van der Waals surface area (Å²) in [5.41, 5.74) is 7.35. The minimum atomic E-state index is -0.545. The van der Waals surface area contributed by atoms with E-state index in [-0.39, 0.29) is 24.3 Å². The molecule has 0 radical (unpaired) electrons. The number of nitrogens with zero attached hydrogens (tertiary/aromatic N) is 4. The van der Waals surface area contributed by atoms with Crippen LogP contribution < -0.4 is 5.32 Å². The molecule has 3 aliphatic heterocycles. The van der Waals surface area contributed by atoms with Crippen LogP contribution in [0, 0.1) is 0 Å². The summed E-state index contributed by atoms with van der Waals surface area (Å²) in [5.74, 6) is 1.60. The van der Waals surface area contributed by atoms with E-state index in [1.807, 2.05) is 52.6 Å². The normalized spacial score (nSPS) is 19.4. The lowest BCUT2D eigenvalue weighted by molar-refractivity contribution is 0.0208. The van der Waals surface area contributed by atoms with Crippen molar-refractivity contribution in [3.8, 4) is 33.6 Å². The molecule has 0 bridgehead atoms. The molecule has 11 nitrogen and oxygen atoms in total. The lowest BCUT2D eigenvalue weighted by Crippen LogP contribution is -2.36. The number of imidazole rings is 2. The van der Waals surface area contributed by atoms with Crippen LogP contribution in [0.4, 0.5) is 9.59 Å². The van der Waals surface area contributed by atoms with Crippen molar-refractivity contribution < 1.29 is 19.1 Å². The van der Waals surface area contributed by atoms with E-state index >= 15 is 0 Å². The first-order valence-corrected chi connectivity index (χ1v) is 17.4. The summed E-state index contributed by atoms with van der Waals surface area (Å²) in [6, 6.07) is 14.8. The summed E-state index contributed by atoms with van der Waals surface area (Å²) in [6.45, 7) is 14.1. The highest BCUT2D eigenvalue weighted by molar-refractivity contribution is 5.75. The van der Waals surface area contributed by atoms with Gasteiger partial charge in [0, 0.05) is 31.7 Å². The lowest BCUT2D eigenvalue weighted by Gasteiger charge is -2.27. The van der Waals surface area contributed by atoms with Crippen molar-refractivity contribution in [1.29, 1.82) is 0 Å². The molecule has 0 aliphatic carbocycles. The number of benzene rings is 2. The molecule has 2 aromatic heterocycles. The van der Waals surface area contributed by atoms with Crippen LogP contribution in [0.2, 0.25) is 0 Å². The summed E-state index contributed by atoms with van der Waals surface area (Å²) < 4.78 is 11.3. The number of H-pyrrole nitrogens is 2. The summed E-state index contributed by atoms with van der Waals surface area (Å²) in [5, 5.41) is 3.56. The molecule has 2 amide bonds. The van der Waals surface area contributed by atoms with Crippen LogP contribution in [0.15, 0.2) is 48.7 Å². The van der Waals surface area contributed by atoms with Gasteiger partial charge in [-0.3, -0.25) is 9.80 Å². The third kappa shape index (κ3) is 6.94. The Labute approximate surface area is 287 Å². The van der Waals surface area contributed by atoms with E-state index in [9.17, 15) is 9.59 Å². The van der Waals surface area contributed by atoms with Crippen molar-refractivity contribution in [2.45, 2.75) is 104 Å². The highest BCUT2D eigenvalue weighted by Crippen LogP contribution is 2.38. The number of carbonyl (C=O) groups is 2. The van der Waals surface area contributed by atoms with Gasteiger partial charge in [-0.25, -0.2) is 19.6 Å². The Bertz CT molecular complexity index is 1850. The molecule has 0 spiro atoms. The number of hydrogen-bond acceptors (Lipinski definition) is 7. The highest BCUT2D eigenvalue weighted by Gasteiger charge is 2.37. The van der Waals surface area contributed by atoms with Gasteiger partial charge in [0.05, 0.1) is 35.4 Å².